The number of carbonyl (C=O) groups is 1. The molecule has 0 aliphatic heterocycles. The van der Waals surface area contributed by atoms with Gasteiger partial charge in [0.1, 0.15) is 5.52 Å². The third-order valence-electron chi connectivity index (χ3n) is 3.46. The SMILES string of the molecule is CC(C)(C)c1nc2cc(NC(=O)c3cc(Br)ccc3Cl)ccc2o1. The van der Waals surface area contributed by atoms with E-state index in [1.54, 1.807) is 36.4 Å². The molecule has 0 fully saturated rings. The molecule has 0 unspecified atom stereocenters. The van der Waals surface area contributed by atoms with E-state index in [0.717, 1.165) is 4.47 Å². The van der Waals surface area contributed by atoms with Crippen LogP contribution < -0.4 is 5.32 Å². The summed E-state index contributed by atoms with van der Waals surface area (Å²) in [5, 5.41) is 3.24. The number of amides is 1. The van der Waals surface area contributed by atoms with E-state index in [1.165, 1.54) is 0 Å². The van der Waals surface area contributed by atoms with Crippen molar-refractivity contribution in [1.29, 1.82) is 0 Å². The van der Waals surface area contributed by atoms with Crippen LogP contribution >= 0.6 is 27.5 Å². The largest absolute Gasteiger partial charge is 0.440 e. The van der Waals surface area contributed by atoms with Crippen LogP contribution in [-0.2, 0) is 5.41 Å². The van der Waals surface area contributed by atoms with E-state index < -0.39 is 0 Å². The Bertz CT molecular complexity index is 928. The van der Waals surface area contributed by atoms with E-state index in [4.69, 9.17) is 16.0 Å². The first-order valence-corrected chi connectivity index (χ1v) is 8.58. The van der Waals surface area contributed by atoms with Crippen molar-refractivity contribution >= 4 is 50.2 Å². The molecule has 0 aliphatic carbocycles. The monoisotopic (exact) mass is 406 g/mol. The molecule has 3 rings (SSSR count). The lowest BCUT2D eigenvalue weighted by molar-refractivity contribution is 0.102. The lowest BCUT2D eigenvalue weighted by Gasteiger charge is -2.11. The molecule has 1 amide bonds. The van der Waals surface area contributed by atoms with Crippen LogP contribution in [0.2, 0.25) is 5.02 Å². The van der Waals surface area contributed by atoms with Gasteiger partial charge in [-0.05, 0) is 36.4 Å². The van der Waals surface area contributed by atoms with Crippen molar-refractivity contribution in [3.63, 3.8) is 0 Å². The van der Waals surface area contributed by atoms with Crippen LogP contribution in [0.1, 0.15) is 37.0 Å². The number of benzene rings is 2. The van der Waals surface area contributed by atoms with Gasteiger partial charge in [0.15, 0.2) is 5.58 Å². The molecule has 24 heavy (non-hydrogen) atoms. The number of fused-ring (bicyclic) bond motifs is 1. The number of nitrogens with zero attached hydrogens (tertiary/aromatic N) is 1. The summed E-state index contributed by atoms with van der Waals surface area (Å²) in [5.41, 5.74) is 2.27. The maximum Gasteiger partial charge on any atom is 0.257 e. The van der Waals surface area contributed by atoms with Gasteiger partial charge in [-0.2, -0.15) is 0 Å². The van der Waals surface area contributed by atoms with Gasteiger partial charge in [0, 0.05) is 15.6 Å². The van der Waals surface area contributed by atoms with Crippen LogP contribution in [0.5, 0.6) is 0 Å². The molecule has 2 aromatic carbocycles. The summed E-state index contributed by atoms with van der Waals surface area (Å²) in [5.74, 6) is 0.385. The number of anilines is 1. The van der Waals surface area contributed by atoms with Crippen molar-refractivity contribution in [3.8, 4) is 0 Å². The predicted octanol–water partition coefficient (Wildman–Crippen LogP) is 5.79. The van der Waals surface area contributed by atoms with Crippen molar-refractivity contribution in [3.05, 3.63) is 57.3 Å². The molecule has 1 N–H and O–H groups in total. The Balaban J connectivity index is 1.90. The lowest BCUT2D eigenvalue weighted by Crippen LogP contribution is -2.12. The maximum absolute atomic E-state index is 12.4. The third kappa shape index (κ3) is 3.47. The number of aromatic nitrogens is 1. The molecule has 0 atom stereocenters. The maximum atomic E-state index is 12.4. The number of oxazole rings is 1. The molecule has 4 nitrogen and oxygen atoms in total. The van der Waals surface area contributed by atoms with E-state index in [9.17, 15) is 4.79 Å². The van der Waals surface area contributed by atoms with Gasteiger partial charge in [0.05, 0.1) is 10.6 Å². The highest BCUT2D eigenvalue weighted by molar-refractivity contribution is 9.10. The van der Waals surface area contributed by atoms with E-state index >= 15 is 0 Å². The van der Waals surface area contributed by atoms with Gasteiger partial charge >= 0.3 is 0 Å². The summed E-state index contributed by atoms with van der Waals surface area (Å²) < 4.78 is 6.55. The van der Waals surface area contributed by atoms with Crippen LogP contribution in [0.3, 0.4) is 0 Å². The van der Waals surface area contributed by atoms with Gasteiger partial charge < -0.3 is 9.73 Å². The van der Waals surface area contributed by atoms with Crippen molar-refractivity contribution in [2.75, 3.05) is 5.32 Å². The molecule has 0 saturated carbocycles. The molecule has 0 aliphatic rings. The highest BCUT2D eigenvalue weighted by Gasteiger charge is 2.21. The number of carbonyl (C=O) groups excluding carboxylic acids is 1. The smallest absolute Gasteiger partial charge is 0.257 e. The van der Waals surface area contributed by atoms with E-state index in [0.29, 0.717) is 33.3 Å². The molecule has 1 heterocycles. The number of nitrogens with one attached hydrogen (secondary N) is 1. The number of hydrogen-bond acceptors (Lipinski definition) is 3. The summed E-state index contributed by atoms with van der Waals surface area (Å²) in [6.07, 6.45) is 0. The molecule has 0 saturated heterocycles. The fourth-order valence-electron chi connectivity index (χ4n) is 2.20. The van der Waals surface area contributed by atoms with Gasteiger partial charge in [-0.3, -0.25) is 4.79 Å². The second-order valence-electron chi connectivity index (χ2n) is 6.53. The second kappa shape index (κ2) is 6.22. The number of halogens is 2. The Kier molecular flexibility index (Phi) is 4.40. The Hall–Kier alpha value is -1.85. The molecule has 0 radical (unpaired) electrons. The molecule has 0 spiro atoms. The van der Waals surface area contributed by atoms with Gasteiger partial charge in [0.2, 0.25) is 5.89 Å². The van der Waals surface area contributed by atoms with Gasteiger partial charge in [0.25, 0.3) is 5.91 Å². The van der Waals surface area contributed by atoms with Crippen molar-refractivity contribution in [2.24, 2.45) is 0 Å². The average Bonchev–Trinajstić information content (AvgIpc) is 2.93. The normalized spacial score (nSPS) is 11.7. The van der Waals surface area contributed by atoms with Crippen LogP contribution in [0.15, 0.2) is 45.3 Å². The molecular weight excluding hydrogens is 392 g/mol. The Morgan fingerprint density at radius 3 is 2.67 bits per heavy atom. The van der Waals surface area contributed by atoms with Gasteiger partial charge in [-0.1, -0.05) is 48.3 Å². The molecule has 0 bridgehead atoms. The predicted molar refractivity (Wildman–Crippen MR) is 99.8 cm³/mol. The minimum Gasteiger partial charge on any atom is -0.440 e. The van der Waals surface area contributed by atoms with Crippen LogP contribution in [0.25, 0.3) is 11.1 Å². The quantitative estimate of drug-likeness (QED) is 0.584. The Morgan fingerprint density at radius 2 is 1.96 bits per heavy atom. The summed E-state index contributed by atoms with van der Waals surface area (Å²) in [6.45, 7) is 6.11. The molecule has 1 aromatic heterocycles. The summed E-state index contributed by atoms with van der Waals surface area (Å²) in [6, 6.07) is 10.5. The fraction of sp³-hybridized carbons (Fsp3) is 0.222. The molecule has 6 heteroatoms. The highest BCUT2D eigenvalue weighted by atomic mass is 79.9. The Labute approximate surface area is 153 Å². The van der Waals surface area contributed by atoms with Crippen molar-refractivity contribution in [1.82, 2.24) is 4.98 Å². The van der Waals surface area contributed by atoms with Crippen LogP contribution in [-0.4, -0.2) is 10.9 Å². The number of rotatable bonds is 2. The topological polar surface area (TPSA) is 55.1 Å². The standard InChI is InChI=1S/C18H16BrClN2O2/c1-18(2,3)17-22-14-9-11(5-7-15(14)24-17)21-16(23)12-8-10(19)4-6-13(12)20/h4-9H,1-3H3,(H,21,23). The summed E-state index contributed by atoms with van der Waals surface area (Å²) in [7, 11) is 0. The molecule has 3 aromatic rings. The first-order chi connectivity index (χ1) is 11.2. The summed E-state index contributed by atoms with van der Waals surface area (Å²) in [4.78, 5) is 16.9. The Morgan fingerprint density at radius 1 is 1.21 bits per heavy atom. The second-order valence-corrected chi connectivity index (χ2v) is 7.85. The zero-order chi connectivity index (χ0) is 17.5. The van der Waals surface area contributed by atoms with Crippen molar-refractivity contribution < 1.29 is 9.21 Å². The molecule has 124 valence electrons. The van der Waals surface area contributed by atoms with Crippen molar-refractivity contribution in [2.45, 2.75) is 26.2 Å². The van der Waals surface area contributed by atoms with Crippen LogP contribution in [0, 0.1) is 0 Å². The molecular formula is C18H16BrClN2O2. The van der Waals surface area contributed by atoms with E-state index in [2.05, 4.69) is 26.2 Å². The zero-order valence-corrected chi connectivity index (χ0v) is 15.8. The van der Waals surface area contributed by atoms with Gasteiger partial charge in [-0.15, -0.1) is 0 Å². The highest BCUT2D eigenvalue weighted by Crippen LogP contribution is 2.28. The minimum atomic E-state index is -0.278. The average molecular weight is 408 g/mol. The van der Waals surface area contributed by atoms with E-state index in [-0.39, 0.29) is 11.3 Å². The first-order valence-electron chi connectivity index (χ1n) is 7.41. The fourth-order valence-corrected chi connectivity index (χ4v) is 2.76. The third-order valence-corrected chi connectivity index (χ3v) is 4.28. The lowest BCUT2D eigenvalue weighted by atomic mass is 9.97. The minimum absolute atomic E-state index is 0.174. The first kappa shape index (κ1) is 17.0. The number of hydrogen-bond donors (Lipinski definition) is 1. The summed E-state index contributed by atoms with van der Waals surface area (Å²) >= 11 is 9.44. The van der Waals surface area contributed by atoms with Gasteiger partial charge in [-0.25, -0.2) is 4.98 Å². The van der Waals surface area contributed by atoms with E-state index in [1.807, 2.05) is 20.8 Å². The van der Waals surface area contributed by atoms with Crippen LogP contribution in [0.4, 0.5) is 5.69 Å². The zero-order valence-electron chi connectivity index (χ0n) is 13.5.